The number of hydrogen-bond acceptors (Lipinski definition) is 4. The number of rotatable bonds is 9. The summed E-state index contributed by atoms with van der Waals surface area (Å²) in [7, 11) is 0. The van der Waals surface area contributed by atoms with E-state index in [4.69, 9.17) is 0 Å². The van der Waals surface area contributed by atoms with Gasteiger partial charge >= 0.3 is 0 Å². The summed E-state index contributed by atoms with van der Waals surface area (Å²) in [6.07, 6.45) is 4.74. The van der Waals surface area contributed by atoms with Gasteiger partial charge in [-0.2, -0.15) is 0 Å². The van der Waals surface area contributed by atoms with Gasteiger partial charge in [-0.1, -0.05) is 32.0 Å². The van der Waals surface area contributed by atoms with E-state index in [9.17, 15) is 14.4 Å². The smallest absolute Gasteiger partial charge is 0.251 e. The molecule has 0 saturated carbocycles. The Kier molecular flexibility index (Phi) is 7.89. The topological polar surface area (TPSA) is 71.4 Å². The zero-order chi connectivity index (χ0) is 23.3. The van der Waals surface area contributed by atoms with Crippen molar-refractivity contribution >= 4 is 17.4 Å². The molecule has 6 heteroatoms. The van der Waals surface area contributed by atoms with Crippen LogP contribution in [0.15, 0.2) is 53.5 Å². The molecule has 3 atom stereocenters. The van der Waals surface area contributed by atoms with Gasteiger partial charge in [0.25, 0.3) is 5.56 Å². The van der Waals surface area contributed by atoms with Gasteiger partial charge in [-0.15, -0.1) is 0 Å². The Morgan fingerprint density at radius 1 is 1.16 bits per heavy atom. The third-order valence-corrected chi connectivity index (χ3v) is 6.15. The van der Waals surface area contributed by atoms with Gasteiger partial charge in [0.15, 0.2) is 0 Å². The van der Waals surface area contributed by atoms with E-state index in [0.717, 1.165) is 17.8 Å². The highest BCUT2D eigenvalue weighted by Crippen LogP contribution is 2.29. The van der Waals surface area contributed by atoms with Crippen LogP contribution in [0.3, 0.4) is 0 Å². The van der Waals surface area contributed by atoms with Crippen molar-refractivity contribution in [1.82, 2.24) is 9.88 Å². The number of ketones is 1. The van der Waals surface area contributed by atoms with Gasteiger partial charge in [-0.05, 0) is 62.8 Å². The minimum Gasteiger partial charge on any atom is -0.369 e. The van der Waals surface area contributed by atoms with Crippen LogP contribution in [-0.2, 0) is 9.59 Å². The van der Waals surface area contributed by atoms with E-state index in [1.807, 2.05) is 26.0 Å². The molecule has 172 valence electrons. The highest BCUT2D eigenvalue weighted by molar-refractivity contribution is 5.82. The highest BCUT2D eigenvalue weighted by atomic mass is 16.2. The average molecular weight is 438 g/mol. The molecule has 1 N–H and O–H groups in total. The maximum atomic E-state index is 13.4. The summed E-state index contributed by atoms with van der Waals surface area (Å²) in [4.78, 5) is 40.3. The molecule has 3 rings (SSSR count). The van der Waals surface area contributed by atoms with Gasteiger partial charge in [0, 0.05) is 37.0 Å². The van der Waals surface area contributed by atoms with Crippen LogP contribution in [0.4, 0.5) is 5.69 Å². The molecule has 1 aliphatic rings. The first-order valence-corrected chi connectivity index (χ1v) is 11.6. The van der Waals surface area contributed by atoms with Crippen molar-refractivity contribution in [2.45, 2.75) is 71.5 Å². The third kappa shape index (κ3) is 5.87. The van der Waals surface area contributed by atoms with E-state index in [-0.39, 0.29) is 29.6 Å². The van der Waals surface area contributed by atoms with Crippen molar-refractivity contribution in [3.63, 3.8) is 0 Å². The second-order valence-electron chi connectivity index (χ2n) is 9.34. The molecule has 2 aromatic rings. The third-order valence-electron chi connectivity index (χ3n) is 6.15. The fourth-order valence-electron chi connectivity index (χ4n) is 4.54. The average Bonchev–Trinajstić information content (AvgIpc) is 3.17. The van der Waals surface area contributed by atoms with Crippen molar-refractivity contribution in [3.05, 3.63) is 64.6 Å². The summed E-state index contributed by atoms with van der Waals surface area (Å²) < 4.78 is 1.49. The van der Waals surface area contributed by atoms with Crippen molar-refractivity contribution in [1.29, 1.82) is 0 Å². The molecule has 2 heterocycles. The fraction of sp³-hybridized carbons (Fsp3) is 0.500. The second-order valence-corrected chi connectivity index (χ2v) is 9.34. The maximum absolute atomic E-state index is 13.4. The Labute approximate surface area is 190 Å². The number of benzene rings is 1. The molecule has 0 radical (unpaired) electrons. The number of carbonyl (C=O) groups excluding carboxylic acids is 2. The van der Waals surface area contributed by atoms with E-state index >= 15 is 0 Å². The Morgan fingerprint density at radius 2 is 1.94 bits per heavy atom. The first-order valence-electron chi connectivity index (χ1n) is 11.6. The number of hydrogen-bond donors (Lipinski definition) is 1. The summed E-state index contributed by atoms with van der Waals surface area (Å²) in [5.41, 5.74) is 1.82. The van der Waals surface area contributed by atoms with E-state index in [1.54, 1.807) is 25.3 Å². The summed E-state index contributed by atoms with van der Waals surface area (Å²) >= 11 is 0. The van der Waals surface area contributed by atoms with Crippen LogP contribution in [0.25, 0.3) is 0 Å². The van der Waals surface area contributed by atoms with Crippen LogP contribution < -0.4 is 15.8 Å². The number of amides is 1. The number of carbonyl (C=O) groups is 2. The Morgan fingerprint density at radius 3 is 2.56 bits per heavy atom. The maximum Gasteiger partial charge on any atom is 0.251 e. The number of Topliss-reactive ketones (excluding diaryl/α,β-unsaturated/α-hetero) is 1. The quantitative estimate of drug-likeness (QED) is 0.636. The first-order chi connectivity index (χ1) is 15.3. The number of aromatic nitrogens is 1. The summed E-state index contributed by atoms with van der Waals surface area (Å²) in [6, 6.07) is 12.4. The predicted octanol–water partition coefficient (Wildman–Crippen LogP) is 4.26. The zero-order valence-corrected chi connectivity index (χ0v) is 19.6. The van der Waals surface area contributed by atoms with Crippen LogP contribution >= 0.6 is 0 Å². The van der Waals surface area contributed by atoms with Crippen molar-refractivity contribution in [3.8, 4) is 0 Å². The van der Waals surface area contributed by atoms with Crippen LogP contribution in [-0.4, -0.2) is 28.8 Å². The van der Waals surface area contributed by atoms with Gasteiger partial charge in [0.05, 0.1) is 6.04 Å². The largest absolute Gasteiger partial charge is 0.369 e. The van der Waals surface area contributed by atoms with Gasteiger partial charge in [-0.25, -0.2) is 0 Å². The normalized spacial score (nSPS) is 17.9. The first kappa shape index (κ1) is 23.8. The molecule has 1 amide bonds. The lowest BCUT2D eigenvalue weighted by Gasteiger charge is -2.27. The fourth-order valence-corrected chi connectivity index (χ4v) is 4.54. The molecule has 6 nitrogen and oxygen atoms in total. The predicted molar refractivity (Wildman–Crippen MR) is 128 cm³/mol. The second kappa shape index (κ2) is 10.6. The molecule has 0 spiro atoms. The van der Waals surface area contributed by atoms with E-state index < -0.39 is 12.1 Å². The minimum atomic E-state index is -0.625. The standard InChI is InChI=1S/C26H35N3O3/c1-18(2)15-24(29-13-6-5-12-25(29)31)26(32)27-23(16-20(4)30)21-10-7-11-22(17-21)28-14-8-9-19(28)3/h5-7,10-13,17-19,23-24H,8-9,14-16H2,1-4H3,(H,27,32)/t19-,23-,24-/m0/s1. The number of pyridine rings is 1. The molecule has 1 aliphatic heterocycles. The lowest BCUT2D eigenvalue weighted by atomic mass is 9.98. The SMILES string of the molecule is CC(=O)C[C@H](NC(=O)[C@H](CC(C)C)n1ccccc1=O)c1cccc(N2CCC[C@@H]2C)c1. The molecule has 32 heavy (non-hydrogen) atoms. The molecule has 0 unspecified atom stereocenters. The molecule has 1 saturated heterocycles. The summed E-state index contributed by atoms with van der Waals surface area (Å²) in [5, 5.41) is 3.09. The van der Waals surface area contributed by atoms with Crippen molar-refractivity contribution in [2.24, 2.45) is 5.92 Å². The molecular formula is C26H35N3O3. The van der Waals surface area contributed by atoms with Gasteiger partial charge < -0.3 is 14.8 Å². The van der Waals surface area contributed by atoms with E-state index in [1.165, 1.54) is 23.5 Å². The Hall–Kier alpha value is -2.89. The zero-order valence-electron chi connectivity index (χ0n) is 19.6. The number of anilines is 1. The Bertz CT molecular complexity index is 998. The van der Waals surface area contributed by atoms with Crippen LogP contribution in [0.2, 0.25) is 0 Å². The number of nitrogens with zero attached hydrogens (tertiary/aromatic N) is 2. The summed E-state index contributed by atoms with van der Waals surface area (Å²) in [5.74, 6) is -0.00480. The van der Waals surface area contributed by atoms with Crippen molar-refractivity contribution in [2.75, 3.05) is 11.4 Å². The van der Waals surface area contributed by atoms with Crippen molar-refractivity contribution < 1.29 is 9.59 Å². The van der Waals surface area contributed by atoms with Gasteiger partial charge in [0.1, 0.15) is 11.8 Å². The highest BCUT2D eigenvalue weighted by Gasteiger charge is 2.27. The monoisotopic (exact) mass is 437 g/mol. The molecule has 1 aromatic heterocycles. The van der Waals surface area contributed by atoms with Gasteiger partial charge in [0.2, 0.25) is 5.91 Å². The van der Waals surface area contributed by atoms with Crippen LogP contribution in [0, 0.1) is 5.92 Å². The molecule has 1 aromatic carbocycles. The van der Waals surface area contributed by atoms with Crippen LogP contribution in [0.1, 0.15) is 71.0 Å². The number of nitrogens with one attached hydrogen (secondary N) is 1. The molecule has 1 fully saturated rings. The molecule has 0 aliphatic carbocycles. The lowest BCUT2D eigenvalue weighted by Crippen LogP contribution is -2.39. The van der Waals surface area contributed by atoms with E-state index in [2.05, 4.69) is 29.3 Å². The Balaban J connectivity index is 1.89. The van der Waals surface area contributed by atoms with Crippen LogP contribution in [0.5, 0.6) is 0 Å². The molecular weight excluding hydrogens is 402 g/mol. The minimum absolute atomic E-state index is 0.00697. The van der Waals surface area contributed by atoms with E-state index in [0.29, 0.717) is 12.5 Å². The lowest BCUT2D eigenvalue weighted by molar-refractivity contribution is -0.126. The molecule has 0 bridgehead atoms. The summed E-state index contributed by atoms with van der Waals surface area (Å²) in [6.45, 7) is 8.84. The van der Waals surface area contributed by atoms with Gasteiger partial charge in [-0.3, -0.25) is 14.4 Å².